The highest BCUT2D eigenvalue weighted by Gasteiger charge is 2.24. The van der Waals surface area contributed by atoms with Gasteiger partial charge in [-0.25, -0.2) is 4.39 Å². The first-order valence-corrected chi connectivity index (χ1v) is 5.06. The summed E-state index contributed by atoms with van der Waals surface area (Å²) in [5.41, 5.74) is -0.809. The Balaban J connectivity index is 0.00000162. The van der Waals surface area contributed by atoms with Crippen LogP contribution in [0.2, 0.25) is 0 Å². The van der Waals surface area contributed by atoms with Crippen molar-refractivity contribution in [2.45, 2.75) is 7.43 Å². The first-order valence-electron chi connectivity index (χ1n) is 5.06. The van der Waals surface area contributed by atoms with E-state index in [0.29, 0.717) is 26.3 Å². The zero-order valence-electron chi connectivity index (χ0n) is 8.86. The first kappa shape index (κ1) is 14.3. The minimum Gasteiger partial charge on any atom is -0.378 e. The van der Waals surface area contributed by atoms with Gasteiger partial charge in [-0.15, -0.1) is 0 Å². The van der Waals surface area contributed by atoms with E-state index in [9.17, 15) is 18.9 Å². The number of halogens is 2. The van der Waals surface area contributed by atoms with Crippen molar-refractivity contribution in [1.82, 2.24) is 0 Å². The average Bonchev–Trinajstić information content (AvgIpc) is 2.33. The number of nitrogens with zero attached hydrogens (tertiary/aromatic N) is 2. The van der Waals surface area contributed by atoms with E-state index >= 15 is 0 Å². The maximum absolute atomic E-state index is 13.6. The summed E-state index contributed by atoms with van der Waals surface area (Å²) in [5.74, 6) is -2.60. The highest BCUT2D eigenvalue weighted by molar-refractivity contribution is 5.53. The van der Waals surface area contributed by atoms with Crippen LogP contribution in [-0.4, -0.2) is 31.2 Å². The molecular formula is C11H14F2N2O3. The molecule has 1 aliphatic rings. The van der Waals surface area contributed by atoms with Gasteiger partial charge in [-0.05, 0) is 6.07 Å². The Morgan fingerprint density at radius 1 is 1.22 bits per heavy atom. The van der Waals surface area contributed by atoms with Crippen LogP contribution in [0.1, 0.15) is 7.43 Å². The topological polar surface area (TPSA) is 55.6 Å². The number of benzene rings is 1. The van der Waals surface area contributed by atoms with Crippen LogP contribution >= 0.6 is 0 Å². The van der Waals surface area contributed by atoms with Gasteiger partial charge in [0, 0.05) is 19.2 Å². The maximum atomic E-state index is 13.6. The lowest BCUT2D eigenvalue weighted by Gasteiger charge is -2.29. The van der Waals surface area contributed by atoms with E-state index in [4.69, 9.17) is 4.74 Å². The van der Waals surface area contributed by atoms with Crippen LogP contribution in [-0.2, 0) is 4.74 Å². The summed E-state index contributed by atoms with van der Waals surface area (Å²) in [6.45, 7) is 1.73. The molecule has 0 saturated carbocycles. The second-order valence-corrected chi connectivity index (χ2v) is 3.59. The fourth-order valence-electron chi connectivity index (χ4n) is 1.72. The first-order chi connectivity index (χ1) is 8.11. The lowest BCUT2D eigenvalue weighted by molar-refractivity contribution is -0.387. The minimum atomic E-state index is -1.42. The summed E-state index contributed by atoms with van der Waals surface area (Å²) >= 11 is 0. The van der Waals surface area contributed by atoms with Crippen LogP contribution in [0.3, 0.4) is 0 Å². The van der Waals surface area contributed by atoms with Gasteiger partial charge in [-0.1, -0.05) is 7.43 Å². The van der Waals surface area contributed by atoms with E-state index in [1.807, 2.05) is 0 Å². The molecule has 0 radical (unpaired) electrons. The molecule has 0 unspecified atom stereocenters. The van der Waals surface area contributed by atoms with Gasteiger partial charge < -0.3 is 9.64 Å². The fraction of sp³-hybridized carbons (Fsp3) is 0.455. The zero-order chi connectivity index (χ0) is 12.4. The number of anilines is 1. The normalized spacial score (nSPS) is 15.1. The van der Waals surface area contributed by atoms with E-state index in [0.717, 1.165) is 6.07 Å². The predicted octanol–water partition coefficient (Wildman–Crippen LogP) is 2.35. The van der Waals surface area contributed by atoms with Crippen molar-refractivity contribution >= 4 is 11.4 Å². The molecule has 0 aromatic heterocycles. The molecule has 1 aromatic carbocycles. The van der Waals surface area contributed by atoms with Crippen LogP contribution in [0.15, 0.2) is 12.1 Å². The molecule has 1 aliphatic heterocycles. The van der Waals surface area contributed by atoms with Gasteiger partial charge in [0.25, 0.3) is 0 Å². The van der Waals surface area contributed by atoms with Gasteiger partial charge in [0.2, 0.25) is 5.82 Å². The molecule has 1 saturated heterocycles. The van der Waals surface area contributed by atoms with Crippen molar-refractivity contribution < 1.29 is 18.4 Å². The highest BCUT2D eigenvalue weighted by Crippen LogP contribution is 2.28. The monoisotopic (exact) mass is 260 g/mol. The van der Waals surface area contributed by atoms with Gasteiger partial charge in [0.05, 0.1) is 23.8 Å². The summed E-state index contributed by atoms with van der Waals surface area (Å²) in [7, 11) is 0. The molecule has 0 aliphatic carbocycles. The zero-order valence-corrected chi connectivity index (χ0v) is 8.86. The van der Waals surface area contributed by atoms with E-state index < -0.39 is 22.2 Å². The van der Waals surface area contributed by atoms with Crippen LogP contribution in [0.25, 0.3) is 0 Å². The fourth-order valence-corrected chi connectivity index (χ4v) is 1.72. The van der Waals surface area contributed by atoms with Crippen molar-refractivity contribution in [2.75, 3.05) is 31.2 Å². The van der Waals surface area contributed by atoms with E-state index in [2.05, 4.69) is 0 Å². The Labute approximate surface area is 103 Å². The van der Waals surface area contributed by atoms with Crippen molar-refractivity contribution in [3.05, 3.63) is 33.9 Å². The molecule has 0 N–H and O–H groups in total. The van der Waals surface area contributed by atoms with Gasteiger partial charge in [0.1, 0.15) is 0 Å². The summed E-state index contributed by atoms with van der Waals surface area (Å²) in [6.07, 6.45) is 0. The van der Waals surface area contributed by atoms with Crippen molar-refractivity contribution in [3.8, 4) is 0 Å². The van der Waals surface area contributed by atoms with Gasteiger partial charge in [-0.3, -0.25) is 10.1 Å². The third-order valence-corrected chi connectivity index (χ3v) is 2.59. The summed E-state index contributed by atoms with van der Waals surface area (Å²) in [6, 6.07) is 2.20. The lowest BCUT2D eigenvalue weighted by Crippen LogP contribution is -2.36. The Kier molecular flexibility index (Phi) is 4.55. The third kappa shape index (κ3) is 2.56. The number of ether oxygens (including phenoxy) is 1. The Morgan fingerprint density at radius 2 is 1.83 bits per heavy atom. The summed E-state index contributed by atoms with van der Waals surface area (Å²) < 4.78 is 32.1. The van der Waals surface area contributed by atoms with Gasteiger partial charge in [0.15, 0.2) is 5.82 Å². The average molecular weight is 260 g/mol. The second-order valence-electron chi connectivity index (χ2n) is 3.59. The van der Waals surface area contributed by atoms with Crippen molar-refractivity contribution in [3.63, 3.8) is 0 Å². The van der Waals surface area contributed by atoms with Crippen LogP contribution in [0.4, 0.5) is 20.2 Å². The lowest BCUT2D eigenvalue weighted by atomic mass is 10.2. The molecule has 2 rings (SSSR count). The minimum absolute atomic E-state index is 0. The van der Waals surface area contributed by atoms with Gasteiger partial charge in [-0.2, -0.15) is 4.39 Å². The molecule has 5 nitrogen and oxygen atoms in total. The smallest absolute Gasteiger partial charge is 0.308 e. The molecule has 0 amide bonds. The van der Waals surface area contributed by atoms with Gasteiger partial charge >= 0.3 is 5.69 Å². The third-order valence-electron chi connectivity index (χ3n) is 2.59. The Bertz CT molecular complexity index is 448. The largest absolute Gasteiger partial charge is 0.378 e. The standard InChI is InChI=1S/C10H10F2N2O3.CH4/c11-9-7(13-3-5-17-6-4-13)1-2-8(10(9)12)14(15)16;/h1-2H,3-6H2;1H4. The number of hydrogen-bond donors (Lipinski definition) is 0. The van der Waals surface area contributed by atoms with E-state index in [1.165, 1.54) is 6.07 Å². The molecule has 0 atom stereocenters. The number of rotatable bonds is 2. The van der Waals surface area contributed by atoms with Crippen molar-refractivity contribution in [1.29, 1.82) is 0 Å². The molecule has 0 spiro atoms. The SMILES string of the molecule is C.O=[N+]([O-])c1ccc(N2CCOCC2)c(F)c1F. The van der Waals surface area contributed by atoms with Crippen molar-refractivity contribution in [2.24, 2.45) is 0 Å². The molecule has 1 aromatic rings. The number of nitro benzene ring substituents is 1. The van der Waals surface area contributed by atoms with Crippen LogP contribution < -0.4 is 4.90 Å². The Morgan fingerprint density at radius 3 is 2.39 bits per heavy atom. The molecule has 1 fully saturated rings. The predicted molar refractivity (Wildman–Crippen MR) is 62.8 cm³/mol. The molecule has 100 valence electrons. The molecule has 0 bridgehead atoms. The van der Waals surface area contributed by atoms with Crippen LogP contribution in [0, 0.1) is 21.7 Å². The molecular weight excluding hydrogens is 246 g/mol. The summed E-state index contributed by atoms with van der Waals surface area (Å²) in [4.78, 5) is 11.1. The number of nitro groups is 1. The van der Waals surface area contributed by atoms with Crippen LogP contribution in [0.5, 0.6) is 0 Å². The quantitative estimate of drug-likeness (QED) is 0.605. The number of hydrogen-bond acceptors (Lipinski definition) is 4. The summed E-state index contributed by atoms with van der Waals surface area (Å²) in [5, 5.41) is 10.4. The number of morpholine rings is 1. The highest BCUT2D eigenvalue weighted by atomic mass is 19.2. The molecule has 7 heteroatoms. The van der Waals surface area contributed by atoms with E-state index in [1.54, 1.807) is 4.90 Å². The second kappa shape index (κ2) is 5.72. The van der Waals surface area contributed by atoms with E-state index in [-0.39, 0.29) is 13.1 Å². The maximum Gasteiger partial charge on any atom is 0.308 e. The Hall–Kier alpha value is -1.76. The molecule has 1 heterocycles. The molecule has 18 heavy (non-hydrogen) atoms.